The topological polar surface area (TPSA) is 35.6 Å². The smallest absolute Gasteiger partial charge is 0.241 e. The predicted octanol–water partition coefficient (Wildman–Crippen LogP) is 4.90. The van der Waals surface area contributed by atoms with E-state index in [2.05, 4.69) is 44.8 Å². The van der Waals surface area contributed by atoms with E-state index in [1.54, 1.807) is 11.3 Å². The van der Waals surface area contributed by atoms with Crippen LogP contribution in [0.5, 0.6) is 0 Å². The Morgan fingerprint density at radius 3 is 2.56 bits per heavy atom. The molecule has 1 N–H and O–H groups in total. The molecule has 1 aromatic carbocycles. The van der Waals surface area contributed by atoms with E-state index < -0.39 is 0 Å². The van der Waals surface area contributed by atoms with Gasteiger partial charge in [-0.15, -0.1) is 11.3 Å². The van der Waals surface area contributed by atoms with Crippen molar-refractivity contribution >= 4 is 28.6 Å². The Morgan fingerprint density at radius 2 is 1.85 bits per heavy atom. The van der Waals surface area contributed by atoms with Crippen molar-refractivity contribution in [1.29, 1.82) is 0 Å². The SMILES string of the molecule is C[C@H](C(=O)Nc1ccc(N2CCCCC2)cc1)N1CCC[C@H]1c1cccs1. The summed E-state index contributed by atoms with van der Waals surface area (Å²) in [6.07, 6.45) is 6.19. The van der Waals surface area contributed by atoms with E-state index in [4.69, 9.17) is 0 Å². The molecule has 2 atom stereocenters. The number of anilines is 2. The number of benzene rings is 1. The highest BCUT2D eigenvalue weighted by Gasteiger charge is 2.33. The summed E-state index contributed by atoms with van der Waals surface area (Å²) < 4.78 is 0. The molecule has 0 aliphatic carbocycles. The molecule has 4 rings (SSSR count). The molecule has 1 aromatic heterocycles. The van der Waals surface area contributed by atoms with Crippen molar-refractivity contribution in [3.8, 4) is 0 Å². The molecule has 0 saturated carbocycles. The second-order valence-electron chi connectivity index (χ2n) is 7.67. The molecule has 144 valence electrons. The molecule has 3 heterocycles. The number of hydrogen-bond acceptors (Lipinski definition) is 4. The molecule has 2 fully saturated rings. The number of amides is 1. The third-order valence-electron chi connectivity index (χ3n) is 5.90. The van der Waals surface area contributed by atoms with Gasteiger partial charge in [0, 0.05) is 35.4 Å². The monoisotopic (exact) mass is 383 g/mol. The first kappa shape index (κ1) is 18.5. The number of thiophene rings is 1. The lowest BCUT2D eigenvalue weighted by atomic mass is 10.1. The van der Waals surface area contributed by atoms with Gasteiger partial charge in [-0.05, 0) is 81.3 Å². The van der Waals surface area contributed by atoms with Crippen molar-refractivity contribution in [3.63, 3.8) is 0 Å². The molecule has 4 nitrogen and oxygen atoms in total. The summed E-state index contributed by atoms with van der Waals surface area (Å²) in [7, 11) is 0. The van der Waals surface area contributed by atoms with Crippen molar-refractivity contribution in [2.24, 2.45) is 0 Å². The maximum Gasteiger partial charge on any atom is 0.241 e. The van der Waals surface area contributed by atoms with Gasteiger partial charge >= 0.3 is 0 Å². The van der Waals surface area contributed by atoms with E-state index in [9.17, 15) is 4.79 Å². The van der Waals surface area contributed by atoms with E-state index >= 15 is 0 Å². The van der Waals surface area contributed by atoms with Crippen molar-refractivity contribution in [2.45, 2.75) is 51.1 Å². The van der Waals surface area contributed by atoms with E-state index in [1.165, 1.54) is 29.8 Å². The number of piperidine rings is 1. The molecule has 2 saturated heterocycles. The Kier molecular flexibility index (Phi) is 5.79. The summed E-state index contributed by atoms with van der Waals surface area (Å²) in [5, 5.41) is 5.24. The van der Waals surface area contributed by atoms with Gasteiger partial charge in [0.1, 0.15) is 0 Å². The number of carbonyl (C=O) groups is 1. The minimum absolute atomic E-state index is 0.0872. The first-order valence-electron chi connectivity index (χ1n) is 10.2. The quantitative estimate of drug-likeness (QED) is 0.797. The zero-order valence-electron chi connectivity index (χ0n) is 16.1. The fourth-order valence-corrected chi connectivity index (χ4v) is 5.23. The Labute approximate surface area is 166 Å². The van der Waals surface area contributed by atoms with Gasteiger partial charge in [-0.3, -0.25) is 9.69 Å². The minimum atomic E-state index is -0.124. The predicted molar refractivity (Wildman–Crippen MR) is 114 cm³/mol. The van der Waals surface area contributed by atoms with Crippen LogP contribution >= 0.6 is 11.3 Å². The summed E-state index contributed by atoms with van der Waals surface area (Å²) in [5.41, 5.74) is 2.15. The van der Waals surface area contributed by atoms with Gasteiger partial charge in [0.05, 0.1) is 6.04 Å². The fourth-order valence-electron chi connectivity index (χ4n) is 4.34. The lowest BCUT2D eigenvalue weighted by Crippen LogP contribution is -2.41. The lowest BCUT2D eigenvalue weighted by molar-refractivity contribution is -0.121. The number of likely N-dealkylation sites (tertiary alicyclic amines) is 1. The van der Waals surface area contributed by atoms with Crippen LogP contribution < -0.4 is 10.2 Å². The Morgan fingerprint density at radius 1 is 1.07 bits per heavy atom. The lowest BCUT2D eigenvalue weighted by Gasteiger charge is -2.30. The van der Waals surface area contributed by atoms with Gasteiger partial charge in [-0.25, -0.2) is 0 Å². The van der Waals surface area contributed by atoms with Crippen molar-refractivity contribution < 1.29 is 4.79 Å². The molecule has 0 spiro atoms. The first-order chi connectivity index (χ1) is 13.2. The minimum Gasteiger partial charge on any atom is -0.372 e. The second kappa shape index (κ2) is 8.44. The van der Waals surface area contributed by atoms with Crippen LogP contribution in [0.1, 0.15) is 49.9 Å². The molecule has 1 amide bonds. The van der Waals surface area contributed by atoms with Gasteiger partial charge in [0.2, 0.25) is 5.91 Å². The molecule has 27 heavy (non-hydrogen) atoms. The zero-order valence-corrected chi connectivity index (χ0v) is 16.9. The summed E-state index contributed by atoms with van der Waals surface area (Å²) in [6, 6.07) is 12.9. The normalized spacial score (nSPS) is 22.0. The summed E-state index contributed by atoms with van der Waals surface area (Å²) in [6.45, 7) is 5.30. The van der Waals surface area contributed by atoms with E-state index in [0.29, 0.717) is 6.04 Å². The summed E-state index contributed by atoms with van der Waals surface area (Å²) in [5.74, 6) is 0.0872. The Balaban J connectivity index is 1.38. The van der Waals surface area contributed by atoms with Crippen LogP contribution in [0.3, 0.4) is 0 Å². The van der Waals surface area contributed by atoms with Crippen LogP contribution in [0.2, 0.25) is 0 Å². The number of nitrogens with one attached hydrogen (secondary N) is 1. The molecule has 5 heteroatoms. The number of carbonyl (C=O) groups excluding carboxylic acids is 1. The van der Waals surface area contributed by atoms with Crippen LogP contribution in [0.4, 0.5) is 11.4 Å². The molecular weight excluding hydrogens is 354 g/mol. The number of nitrogens with zero attached hydrogens (tertiary/aromatic N) is 2. The Bertz CT molecular complexity index is 737. The van der Waals surface area contributed by atoms with Crippen molar-refractivity contribution in [2.75, 3.05) is 29.9 Å². The molecule has 0 radical (unpaired) electrons. The average Bonchev–Trinajstić information content (AvgIpc) is 3.40. The summed E-state index contributed by atoms with van der Waals surface area (Å²) >= 11 is 1.79. The summed E-state index contributed by atoms with van der Waals surface area (Å²) in [4.78, 5) is 19.0. The third kappa shape index (κ3) is 4.19. The van der Waals surface area contributed by atoms with Gasteiger partial charge < -0.3 is 10.2 Å². The standard InChI is InChI=1S/C22H29N3OS/c1-17(25-15-5-7-20(25)21-8-6-16-27-21)22(26)23-18-9-11-19(12-10-18)24-13-3-2-4-14-24/h6,8-12,16-17,20H,2-5,7,13-15H2,1H3,(H,23,26)/t17-,20+/m1/s1. The van der Waals surface area contributed by atoms with Gasteiger partial charge in [0.15, 0.2) is 0 Å². The number of rotatable bonds is 5. The van der Waals surface area contributed by atoms with Crippen LogP contribution in [0, 0.1) is 0 Å². The fraction of sp³-hybridized carbons (Fsp3) is 0.500. The Hall–Kier alpha value is -1.85. The average molecular weight is 384 g/mol. The van der Waals surface area contributed by atoms with E-state index in [-0.39, 0.29) is 11.9 Å². The van der Waals surface area contributed by atoms with Crippen LogP contribution in [-0.4, -0.2) is 36.5 Å². The molecule has 0 bridgehead atoms. The van der Waals surface area contributed by atoms with E-state index in [0.717, 1.165) is 38.2 Å². The van der Waals surface area contributed by atoms with E-state index in [1.807, 2.05) is 19.1 Å². The van der Waals surface area contributed by atoms with Gasteiger partial charge in [-0.1, -0.05) is 6.07 Å². The highest BCUT2D eigenvalue weighted by atomic mass is 32.1. The molecule has 0 unspecified atom stereocenters. The maximum atomic E-state index is 12.8. The molecular formula is C22H29N3OS. The van der Waals surface area contributed by atoms with Gasteiger partial charge in [0.25, 0.3) is 0 Å². The molecule has 2 aromatic rings. The highest BCUT2D eigenvalue weighted by Crippen LogP contribution is 2.36. The van der Waals surface area contributed by atoms with Crippen LogP contribution in [0.15, 0.2) is 41.8 Å². The first-order valence-corrected chi connectivity index (χ1v) is 11.1. The second-order valence-corrected chi connectivity index (χ2v) is 8.65. The van der Waals surface area contributed by atoms with Gasteiger partial charge in [-0.2, -0.15) is 0 Å². The van der Waals surface area contributed by atoms with Crippen LogP contribution in [0.25, 0.3) is 0 Å². The molecule has 2 aliphatic heterocycles. The maximum absolute atomic E-state index is 12.8. The van der Waals surface area contributed by atoms with Crippen molar-refractivity contribution in [3.05, 3.63) is 46.7 Å². The third-order valence-corrected chi connectivity index (χ3v) is 6.87. The largest absolute Gasteiger partial charge is 0.372 e. The highest BCUT2D eigenvalue weighted by molar-refractivity contribution is 7.10. The molecule has 2 aliphatic rings. The number of hydrogen-bond donors (Lipinski definition) is 1. The van der Waals surface area contributed by atoms with Crippen LogP contribution in [-0.2, 0) is 4.79 Å². The zero-order chi connectivity index (χ0) is 18.6. The van der Waals surface area contributed by atoms with Crippen molar-refractivity contribution in [1.82, 2.24) is 4.90 Å².